The van der Waals surface area contributed by atoms with Gasteiger partial charge in [-0.15, -0.1) is 0 Å². The molecule has 1 fully saturated rings. The monoisotopic (exact) mass is 194 g/mol. The molecule has 0 aliphatic carbocycles. The van der Waals surface area contributed by atoms with Crippen LogP contribution in [0, 0.1) is 0 Å². The molecule has 0 aromatic carbocycles. The number of aliphatic hydroxyl groups excluding tert-OH is 1. The van der Waals surface area contributed by atoms with Gasteiger partial charge in [0.1, 0.15) is 0 Å². The number of ether oxygens (including phenoxy) is 1. The summed E-state index contributed by atoms with van der Waals surface area (Å²) in [5, 5.41) is 10.7. The lowest BCUT2D eigenvalue weighted by molar-refractivity contribution is 0.109. The third-order valence-corrected chi connectivity index (χ3v) is 0.846. The van der Waals surface area contributed by atoms with E-state index in [4.69, 9.17) is 9.84 Å². The maximum atomic E-state index is 7.57. The van der Waals surface area contributed by atoms with Crippen molar-refractivity contribution in [1.29, 1.82) is 0 Å². The highest BCUT2D eigenvalue weighted by Gasteiger charge is 1.92. The molecule has 84 valence electrons. The fraction of sp³-hybridized carbons (Fsp3) is 1.00. The van der Waals surface area contributed by atoms with Crippen LogP contribution < -0.4 is 11.1 Å². The molecule has 4 nitrogen and oxygen atoms in total. The average molecular weight is 194 g/mol. The van der Waals surface area contributed by atoms with Gasteiger partial charge in [-0.05, 0) is 14.0 Å². The third kappa shape index (κ3) is 33.6. The van der Waals surface area contributed by atoms with Gasteiger partial charge in [-0.1, -0.05) is 13.8 Å². The molecule has 0 bridgehead atoms. The topological polar surface area (TPSA) is 67.5 Å². The second-order valence-corrected chi connectivity index (χ2v) is 1.68. The molecular formula is C9H26N2O2. The maximum Gasteiger partial charge on any atom is 0.0591 e. The first-order valence-corrected chi connectivity index (χ1v) is 4.89. The van der Waals surface area contributed by atoms with E-state index in [0.29, 0.717) is 0 Å². The van der Waals surface area contributed by atoms with E-state index in [9.17, 15) is 0 Å². The van der Waals surface area contributed by atoms with Crippen molar-refractivity contribution in [3.8, 4) is 0 Å². The highest BCUT2D eigenvalue weighted by molar-refractivity contribution is 4.49. The van der Waals surface area contributed by atoms with Crippen molar-refractivity contribution >= 4 is 0 Å². The minimum absolute atomic E-state index is 0.250. The lowest BCUT2D eigenvalue weighted by Gasteiger charge is -2.10. The van der Waals surface area contributed by atoms with E-state index in [2.05, 4.69) is 11.1 Å². The number of rotatable bonds is 0. The van der Waals surface area contributed by atoms with Crippen molar-refractivity contribution in [1.82, 2.24) is 5.32 Å². The van der Waals surface area contributed by atoms with Gasteiger partial charge in [-0.3, -0.25) is 0 Å². The second kappa shape index (κ2) is 29.7. The smallest absolute Gasteiger partial charge is 0.0591 e. The molecule has 0 aromatic heterocycles. The molecule has 4 N–H and O–H groups in total. The zero-order valence-corrected chi connectivity index (χ0v) is 9.47. The summed E-state index contributed by atoms with van der Waals surface area (Å²) in [6.45, 7) is 9.76. The minimum Gasteiger partial charge on any atom is -0.397 e. The van der Waals surface area contributed by atoms with Crippen molar-refractivity contribution in [3.05, 3.63) is 0 Å². The first-order chi connectivity index (χ1) is 6.41. The van der Waals surface area contributed by atoms with Gasteiger partial charge in [0.2, 0.25) is 0 Å². The molecule has 0 amide bonds. The van der Waals surface area contributed by atoms with Crippen LogP contribution >= 0.6 is 0 Å². The van der Waals surface area contributed by atoms with E-state index >= 15 is 0 Å². The van der Waals surface area contributed by atoms with E-state index in [1.54, 1.807) is 6.92 Å². The molecule has 1 rings (SSSR count). The molecule has 1 aliphatic heterocycles. The summed E-state index contributed by atoms with van der Waals surface area (Å²) in [6.07, 6.45) is 0. The highest BCUT2D eigenvalue weighted by atomic mass is 16.5. The zero-order chi connectivity index (χ0) is 10.9. The lowest BCUT2D eigenvalue weighted by Crippen LogP contribution is -2.30. The van der Waals surface area contributed by atoms with Gasteiger partial charge in [0.25, 0.3) is 0 Å². The number of aliphatic hydroxyl groups is 1. The Hall–Kier alpha value is -0.160. The Balaban J connectivity index is -0.000000124. The standard InChI is InChI=1S/C4H9NO.C2H6O.C2H6.CH5N/c1-3-6-4-2-5-1;1-2-3;2*1-2/h5H,1-4H2;3H,2H2,1H3;1-2H3;2H2,1H3. The number of nitrogens with one attached hydrogen (secondary N) is 1. The van der Waals surface area contributed by atoms with Crippen LogP contribution in [0.1, 0.15) is 20.8 Å². The highest BCUT2D eigenvalue weighted by Crippen LogP contribution is 1.76. The van der Waals surface area contributed by atoms with E-state index in [1.807, 2.05) is 13.8 Å². The van der Waals surface area contributed by atoms with Crippen molar-refractivity contribution in [3.63, 3.8) is 0 Å². The van der Waals surface area contributed by atoms with Crippen molar-refractivity contribution in [2.75, 3.05) is 40.0 Å². The lowest BCUT2D eigenvalue weighted by atomic mass is 10.5. The summed E-state index contributed by atoms with van der Waals surface area (Å²) in [5.41, 5.74) is 4.50. The molecule has 0 spiro atoms. The Bertz CT molecular complexity index is 39.4. The third-order valence-electron chi connectivity index (χ3n) is 0.846. The number of morpholine rings is 1. The van der Waals surface area contributed by atoms with E-state index in [1.165, 1.54) is 7.05 Å². The summed E-state index contributed by atoms with van der Waals surface area (Å²) in [7, 11) is 1.50. The van der Waals surface area contributed by atoms with Crippen molar-refractivity contribution < 1.29 is 9.84 Å². The molecule has 0 atom stereocenters. The van der Waals surface area contributed by atoms with Gasteiger partial charge in [-0.2, -0.15) is 0 Å². The molecular weight excluding hydrogens is 168 g/mol. The van der Waals surface area contributed by atoms with Crippen molar-refractivity contribution in [2.45, 2.75) is 20.8 Å². The van der Waals surface area contributed by atoms with Crippen LogP contribution in [-0.4, -0.2) is 45.1 Å². The van der Waals surface area contributed by atoms with Gasteiger partial charge in [0.05, 0.1) is 13.2 Å². The Kier molecular flexibility index (Phi) is 42.5. The minimum atomic E-state index is 0.250. The Labute approximate surface area is 82.5 Å². The normalized spacial score (nSPS) is 13.4. The second-order valence-electron chi connectivity index (χ2n) is 1.68. The summed E-state index contributed by atoms with van der Waals surface area (Å²) in [4.78, 5) is 0. The van der Waals surface area contributed by atoms with Gasteiger partial charge in [0, 0.05) is 19.7 Å². The van der Waals surface area contributed by atoms with Crippen LogP contribution in [0.15, 0.2) is 0 Å². The molecule has 0 unspecified atom stereocenters. The summed E-state index contributed by atoms with van der Waals surface area (Å²) < 4.78 is 5.01. The summed E-state index contributed by atoms with van der Waals surface area (Å²) in [6, 6.07) is 0. The maximum absolute atomic E-state index is 7.57. The van der Waals surface area contributed by atoms with Gasteiger partial charge >= 0.3 is 0 Å². The van der Waals surface area contributed by atoms with Crippen LogP contribution in [0.5, 0.6) is 0 Å². The molecule has 1 saturated heterocycles. The van der Waals surface area contributed by atoms with E-state index in [-0.39, 0.29) is 6.61 Å². The van der Waals surface area contributed by atoms with Gasteiger partial charge in [-0.25, -0.2) is 0 Å². The van der Waals surface area contributed by atoms with Crippen molar-refractivity contribution in [2.24, 2.45) is 5.73 Å². The van der Waals surface area contributed by atoms with Gasteiger partial charge < -0.3 is 20.9 Å². The first kappa shape index (κ1) is 18.6. The summed E-state index contributed by atoms with van der Waals surface area (Å²) >= 11 is 0. The van der Waals surface area contributed by atoms with Crippen LogP contribution in [0.4, 0.5) is 0 Å². The Morgan fingerprint density at radius 2 is 1.54 bits per heavy atom. The zero-order valence-electron chi connectivity index (χ0n) is 9.47. The molecule has 13 heavy (non-hydrogen) atoms. The predicted molar refractivity (Wildman–Crippen MR) is 57.9 cm³/mol. The number of hydrogen-bond acceptors (Lipinski definition) is 4. The summed E-state index contributed by atoms with van der Waals surface area (Å²) in [5.74, 6) is 0. The molecule has 1 aliphatic rings. The van der Waals surface area contributed by atoms with Crippen LogP contribution in [-0.2, 0) is 4.74 Å². The Morgan fingerprint density at radius 3 is 1.62 bits per heavy atom. The molecule has 0 saturated carbocycles. The first-order valence-electron chi connectivity index (χ1n) is 4.89. The van der Waals surface area contributed by atoms with Crippen LogP contribution in [0.3, 0.4) is 0 Å². The fourth-order valence-electron chi connectivity index (χ4n) is 0.516. The number of hydrogen-bond donors (Lipinski definition) is 3. The van der Waals surface area contributed by atoms with Crippen LogP contribution in [0.2, 0.25) is 0 Å². The van der Waals surface area contributed by atoms with Gasteiger partial charge in [0.15, 0.2) is 0 Å². The largest absolute Gasteiger partial charge is 0.397 e. The quantitative estimate of drug-likeness (QED) is 0.515. The number of nitrogens with two attached hydrogens (primary N) is 1. The van der Waals surface area contributed by atoms with Crippen LogP contribution in [0.25, 0.3) is 0 Å². The fourth-order valence-corrected chi connectivity index (χ4v) is 0.516. The molecule has 0 aromatic rings. The Morgan fingerprint density at radius 1 is 1.23 bits per heavy atom. The van der Waals surface area contributed by atoms with E-state index < -0.39 is 0 Å². The average Bonchev–Trinajstić information content (AvgIpc) is 2.27. The molecule has 0 radical (unpaired) electrons. The molecule has 1 heterocycles. The SMILES string of the molecule is C1COCCN1.CC.CCO.CN. The predicted octanol–water partition coefficient (Wildman–Crippen LogP) is 0.206. The molecule has 4 heteroatoms. The van der Waals surface area contributed by atoms with E-state index in [0.717, 1.165) is 26.3 Å².